The first-order chi connectivity index (χ1) is 14.0. The predicted octanol–water partition coefficient (Wildman–Crippen LogP) is 2.55. The number of nitrogens with one attached hydrogen (secondary N) is 2. The molecule has 1 atom stereocenters. The smallest absolute Gasteiger partial charge is 0.328 e. The number of aromatic nitrogens is 6. The molecule has 2 N–H and O–H groups in total. The number of fused-ring (bicyclic) bond motifs is 1. The fourth-order valence-corrected chi connectivity index (χ4v) is 2.90. The van der Waals surface area contributed by atoms with Crippen LogP contribution in [0.3, 0.4) is 0 Å². The summed E-state index contributed by atoms with van der Waals surface area (Å²) in [5.74, 6) is -0.775. The molecule has 0 radical (unpaired) electrons. The Kier molecular flexibility index (Phi) is 4.63. The molecule has 0 amide bonds. The Hall–Kier alpha value is -3.89. The van der Waals surface area contributed by atoms with Gasteiger partial charge in [-0.25, -0.2) is 23.5 Å². The molecule has 0 unspecified atom stereocenters. The van der Waals surface area contributed by atoms with Gasteiger partial charge in [0.1, 0.15) is 22.8 Å². The van der Waals surface area contributed by atoms with Crippen LogP contribution < -0.4 is 15.7 Å². The van der Waals surface area contributed by atoms with Crippen LogP contribution in [-0.4, -0.2) is 36.6 Å². The van der Waals surface area contributed by atoms with Crippen LogP contribution in [0.1, 0.15) is 18.7 Å². The van der Waals surface area contributed by atoms with Crippen molar-refractivity contribution in [1.82, 2.24) is 29.5 Å². The second-order valence-corrected chi connectivity index (χ2v) is 6.14. The molecule has 9 nitrogen and oxygen atoms in total. The lowest BCUT2D eigenvalue weighted by molar-refractivity contribution is 0.398. The van der Waals surface area contributed by atoms with Gasteiger partial charge < -0.3 is 15.0 Å². The SMILES string of the molecule is COc1ncc(F)cc1Nc1ncc2[nH]c(=O)n([C@H](C)c3ccc(F)cn3)c2n1. The molecular formula is C18H15F2N7O2. The van der Waals surface area contributed by atoms with Gasteiger partial charge in [-0.3, -0.25) is 9.55 Å². The Morgan fingerprint density at radius 2 is 1.93 bits per heavy atom. The second kappa shape index (κ2) is 7.26. The standard InChI is InChI=1S/C18H15F2N7O2/c1-9(12-4-3-10(19)6-21-12)27-15-14(25-18(27)28)8-23-17(26-15)24-13-5-11(20)7-22-16(13)29-2/h3-9H,1-2H3,(H,25,28)(H,23,24,26)/t9-/m1/s1. The Bertz CT molecular complexity index is 1240. The number of hydrogen-bond acceptors (Lipinski definition) is 7. The Balaban J connectivity index is 1.76. The van der Waals surface area contributed by atoms with Crippen molar-refractivity contribution in [3.8, 4) is 5.88 Å². The van der Waals surface area contributed by atoms with Crippen LogP contribution in [0.25, 0.3) is 11.2 Å². The highest BCUT2D eigenvalue weighted by atomic mass is 19.1. The fraction of sp³-hybridized carbons (Fsp3) is 0.167. The molecule has 0 bridgehead atoms. The molecule has 148 valence electrons. The highest BCUT2D eigenvalue weighted by Crippen LogP contribution is 2.25. The number of hydrogen-bond donors (Lipinski definition) is 2. The largest absolute Gasteiger partial charge is 0.480 e. The number of anilines is 2. The van der Waals surface area contributed by atoms with E-state index < -0.39 is 23.4 Å². The number of methoxy groups -OCH3 is 1. The van der Waals surface area contributed by atoms with Crippen LogP contribution in [0.4, 0.5) is 20.4 Å². The van der Waals surface area contributed by atoms with E-state index in [1.807, 2.05) is 0 Å². The summed E-state index contributed by atoms with van der Waals surface area (Å²) in [6.07, 6.45) is 3.53. The number of nitrogens with zero attached hydrogens (tertiary/aromatic N) is 5. The van der Waals surface area contributed by atoms with Gasteiger partial charge in [0.2, 0.25) is 11.8 Å². The minimum Gasteiger partial charge on any atom is -0.480 e. The molecule has 4 aromatic rings. The van der Waals surface area contributed by atoms with E-state index in [1.165, 1.54) is 36.1 Å². The van der Waals surface area contributed by atoms with E-state index in [0.29, 0.717) is 16.9 Å². The van der Waals surface area contributed by atoms with Crippen molar-refractivity contribution in [2.45, 2.75) is 13.0 Å². The second-order valence-electron chi connectivity index (χ2n) is 6.14. The van der Waals surface area contributed by atoms with Crippen molar-refractivity contribution in [2.24, 2.45) is 0 Å². The van der Waals surface area contributed by atoms with Gasteiger partial charge in [0.05, 0.1) is 37.4 Å². The van der Waals surface area contributed by atoms with Gasteiger partial charge in [0.25, 0.3) is 0 Å². The fourth-order valence-electron chi connectivity index (χ4n) is 2.90. The van der Waals surface area contributed by atoms with E-state index in [0.717, 1.165) is 12.4 Å². The molecule has 29 heavy (non-hydrogen) atoms. The first kappa shape index (κ1) is 18.5. The molecule has 0 fully saturated rings. The van der Waals surface area contributed by atoms with E-state index >= 15 is 0 Å². The Labute approximate surface area is 162 Å². The Morgan fingerprint density at radius 3 is 2.66 bits per heavy atom. The van der Waals surface area contributed by atoms with Crippen LogP contribution in [0.2, 0.25) is 0 Å². The van der Waals surface area contributed by atoms with Gasteiger partial charge >= 0.3 is 5.69 Å². The molecule has 0 saturated carbocycles. The molecule has 11 heteroatoms. The summed E-state index contributed by atoms with van der Waals surface area (Å²) in [5.41, 5.74) is 0.992. The molecule has 0 aliphatic heterocycles. The van der Waals surface area contributed by atoms with Crippen molar-refractivity contribution in [3.05, 3.63) is 64.6 Å². The number of pyridine rings is 2. The summed E-state index contributed by atoms with van der Waals surface area (Å²) < 4.78 is 33.2. The van der Waals surface area contributed by atoms with E-state index in [1.54, 1.807) is 6.92 Å². The molecule has 4 aromatic heterocycles. The van der Waals surface area contributed by atoms with Crippen molar-refractivity contribution in [2.75, 3.05) is 12.4 Å². The molecule has 0 aliphatic carbocycles. The third-order valence-corrected chi connectivity index (χ3v) is 4.28. The van der Waals surface area contributed by atoms with E-state index in [9.17, 15) is 13.6 Å². The summed E-state index contributed by atoms with van der Waals surface area (Å²) in [7, 11) is 1.40. The highest BCUT2D eigenvalue weighted by Gasteiger charge is 2.18. The number of imidazole rings is 1. The summed E-state index contributed by atoms with van der Waals surface area (Å²) in [6.45, 7) is 1.74. The zero-order chi connectivity index (χ0) is 20.5. The van der Waals surface area contributed by atoms with Crippen LogP contribution >= 0.6 is 0 Å². The number of rotatable bonds is 5. The third kappa shape index (κ3) is 3.49. The van der Waals surface area contributed by atoms with Crippen LogP contribution in [0.15, 0.2) is 41.6 Å². The zero-order valence-corrected chi connectivity index (χ0v) is 15.3. The highest BCUT2D eigenvalue weighted by molar-refractivity contribution is 5.72. The van der Waals surface area contributed by atoms with Gasteiger partial charge in [-0.1, -0.05) is 0 Å². The minimum absolute atomic E-state index is 0.107. The van der Waals surface area contributed by atoms with Gasteiger partial charge in [0, 0.05) is 6.07 Å². The summed E-state index contributed by atoms with van der Waals surface area (Å²) in [6, 6.07) is 3.43. The quantitative estimate of drug-likeness (QED) is 0.531. The topological polar surface area (TPSA) is 111 Å². The average molecular weight is 399 g/mol. The molecule has 0 saturated heterocycles. The van der Waals surface area contributed by atoms with E-state index in [4.69, 9.17) is 4.74 Å². The van der Waals surface area contributed by atoms with Gasteiger partial charge in [-0.05, 0) is 19.1 Å². The lowest BCUT2D eigenvalue weighted by Gasteiger charge is -2.13. The van der Waals surface area contributed by atoms with Crippen molar-refractivity contribution in [3.63, 3.8) is 0 Å². The maximum atomic E-state index is 13.5. The van der Waals surface area contributed by atoms with Crippen molar-refractivity contribution in [1.29, 1.82) is 0 Å². The first-order valence-corrected chi connectivity index (χ1v) is 8.51. The Morgan fingerprint density at radius 1 is 1.14 bits per heavy atom. The zero-order valence-electron chi connectivity index (χ0n) is 15.3. The van der Waals surface area contributed by atoms with E-state index in [2.05, 4.69) is 30.2 Å². The normalized spacial score (nSPS) is 12.1. The van der Waals surface area contributed by atoms with E-state index in [-0.39, 0.29) is 17.5 Å². The predicted molar refractivity (Wildman–Crippen MR) is 100 cm³/mol. The first-order valence-electron chi connectivity index (χ1n) is 8.51. The third-order valence-electron chi connectivity index (χ3n) is 4.28. The van der Waals surface area contributed by atoms with Crippen LogP contribution in [-0.2, 0) is 0 Å². The van der Waals surface area contributed by atoms with Crippen molar-refractivity contribution < 1.29 is 13.5 Å². The monoisotopic (exact) mass is 399 g/mol. The average Bonchev–Trinajstić information content (AvgIpc) is 3.03. The summed E-state index contributed by atoms with van der Waals surface area (Å²) in [4.78, 5) is 31.5. The molecular weight excluding hydrogens is 384 g/mol. The van der Waals surface area contributed by atoms with Gasteiger partial charge in [0.15, 0.2) is 5.65 Å². The number of H-pyrrole nitrogens is 1. The molecule has 4 rings (SSSR count). The van der Waals surface area contributed by atoms with Crippen LogP contribution in [0, 0.1) is 11.6 Å². The number of halogens is 2. The molecule has 0 aromatic carbocycles. The maximum absolute atomic E-state index is 13.5. The van der Waals surface area contributed by atoms with Gasteiger partial charge in [-0.2, -0.15) is 4.98 Å². The molecule has 4 heterocycles. The summed E-state index contributed by atoms with van der Waals surface area (Å²) >= 11 is 0. The molecule has 0 aliphatic rings. The van der Waals surface area contributed by atoms with Crippen LogP contribution in [0.5, 0.6) is 5.88 Å². The number of aromatic amines is 1. The number of ether oxygens (including phenoxy) is 1. The van der Waals surface area contributed by atoms with Gasteiger partial charge in [-0.15, -0.1) is 0 Å². The minimum atomic E-state index is -0.566. The summed E-state index contributed by atoms with van der Waals surface area (Å²) in [5, 5.41) is 2.83. The van der Waals surface area contributed by atoms with Crippen molar-refractivity contribution >= 4 is 22.8 Å². The maximum Gasteiger partial charge on any atom is 0.328 e. The molecule has 0 spiro atoms. The lowest BCUT2D eigenvalue weighted by atomic mass is 10.2. The lowest BCUT2D eigenvalue weighted by Crippen LogP contribution is -2.22.